The van der Waals surface area contributed by atoms with Crippen LogP contribution >= 0.6 is 11.8 Å². The summed E-state index contributed by atoms with van der Waals surface area (Å²) in [5.41, 5.74) is -0.0855. The van der Waals surface area contributed by atoms with E-state index >= 15 is 0 Å². The molecule has 0 saturated heterocycles. The third-order valence-corrected chi connectivity index (χ3v) is 6.88. The van der Waals surface area contributed by atoms with Crippen molar-refractivity contribution in [1.29, 1.82) is 0 Å². The molecule has 1 atom stereocenters. The lowest BCUT2D eigenvalue weighted by molar-refractivity contribution is -0.125. The van der Waals surface area contributed by atoms with Crippen LogP contribution in [0.1, 0.15) is 23.0 Å². The normalized spacial score (nSPS) is 18.0. The lowest BCUT2D eigenvalue weighted by Gasteiger charge is -2.38. The van der Waals surface area contributed by atoms with Crippen LogP contribution in [0.2, 0.25) is 0 Å². The molecule has 0 aliphatic carbocycles. The average molecular weight is 453 g/mol. The highest BCUT2D eigenvalue weighted by atomic mass is 32.2. The standard InChI is InChI=1S/C24H24N2O5S/c1-24(23(28)25-19-11-10-16(29-2)13-20(19)30-3)15-32-21-9-5-4-8-18(21)22(27)26(24)14-17-7-6-12-31-17/h4-13H,14-15H2,1-3H3,(H,25,28). The number of ether oxygens (including phenoxy) is 2. The van der Waals surface area contributed by atoms with Gasteiger partial charge in [-0.15, -0.1) is 11.8 Å². The van der Waals surface area contributed by atoms with E-state index in [0.717, 1.165) is 4.90 Å². The number of anilines is 1. The smallest absolute Gasteiger partial charge is 0.256 e. The second-order valence-corrected chi connectivity index (χ2v) is 8.57. The zero-order valence-corrected chi connectivity index (χ0v) is 18.9. The van der Waals surface area contributed by atoms with Gasteiger partial charge in [0.05, 0.1) is 38.3 Å². The summed E-state index contributed by atoms with van der Waals surface area (Å²) in [7, 11) is 3.09. The number of hydrogen-bond acceptors (Lipinski definition) is 6. The highest BCUT2D eigenvalue weighted by Gasteiger charge is 2.45. The fraction of sp³-hybridized carbons (Fsp3) is 0.250. The predicted molar refractivity (Wildman–Crippen MR) is 122 cm³/mol. The molecule has 1 N–H and O–H groups in total. The number of furan rings is 1. The molecule has 1 aromatic heterocycles. The molecule has 166 valence electrons. The van der Waals surface area contributed by atoms with Crippen LogP contribution in [0, 0.1) is 0 Å². The summed E-state index contributed by atoms with van der Waals surface area (Å²) < 4.78 is 16.2. The van der Waals surface area contributed by atoms with Crippen LogP contribution in [0.5, 0.6) is 11.5 Å². The Hall–Kier alpha value is -3.39. The van der Waals surface area contributed by atoms with E-state index in [1.165, 1.54) is 18.9 Å². The van der Waals surface area contributed by atoms with Crippen LogP contribution < -0.4 is 14.8 Å². The fourth-order valence-corrected chi connectivity index (χ4v) is 4.80. The molecule has 0 saturated carbocycles. The monoisotopic (exact) mass is 452 g/mol. The van der Waals surface area contributed by atoms with Crippen molar-refractivity contribution in [3.8, 4) is 11.5 Å². The largest absolute Gasteiger partial charge is 0.497 e. The number of hydrogen-bond donors (Lipinski definition) is 1. The third-order valence-electron chi connectivity index (χ3n) is 5.51. The number of carbonyl (C=O) groups is 2. The molecule has 2 aromatic carbocycles. The van der Waals surface area contributed by atoms with Gasteiger partial charge >= 0.3 is 0 Å². The molecule has 2 amide bonds. The predicted octanol–water partition coefficient (Wildman–Crippen LogP) is 4.44. The van der Waals surface area contributed by atoms with Crippen LogP contribution in [0.3, 0.4) is 0 Å². The van der Waals surface area contributed by atoms with Gasteiger partial charge in [-0.2, -0.15) is 0 Å². The van der Waals surface area contributed by atoms with Gasteiger partial charge in [0.1, 0.15) is 22.8 Å². The molecule has 32 heavy (non-hydrogen) atoms. The Balaban J connectivity index is 1.71. The Kier molecular flexibility index (Phi) is 6.14. The van der Waals surface area contributed by atoms with Crippen molar-refractivity contribution >= 4 is 29.3 Å². The van der Waals surface area contributed by atoms with Crippen LogP contribution in [0.25, 0.3) is 0 Å². The van der Waals surface area contributed by atoms with Gasteiger partial charge in [0.2, 0.25) is 0 Å². The number of nitrogens with one attached hydrogen (secondary N) is 1. The van der Waals surface area contributed by atoms with Crippen LogP contribution in [0.15, 0.2) is 70.2 Å². The summed E-state index contributed by atoms with van der Waals surface area (Å²) in [6.45, 7) is 1.95. The van der Waals surface area contributed by atoms with Gasteiger partial charge < -0.3 is 24.1 Å². The van der Waals surface area contributed by atoms with Gasteiger partial charge in [0.25, 0.3) is 11.8 Å². The van der Waals surface area contributed by atoms with E-state index in [9.17, 15) is 9.59 Å². The first kappa shape index (κ1) is 21.8. The van der Waals surface area contributed by atoms with E-state index in [1.807, 2.05) is 18.2 Å². The lowest BCUT2D eigenvalue weighted by atomic mass is 9.98. The quantitative estimate of drug-likeness (QED) is 0.596. The Labute approximate surface area is 190 Å². The zero-order chi connectivity index (χ0) is 22.7. The Morgan fingerprint density at radius 1 is 1.16 bits per heavy atom. The minimum absolute atomic E-state index is 0.171. The SMILES string of the molecule is COc1ccc(NC(=O)C2(C)CSc3ccccc3C(=O)N2Cc2ccco2)c(OC)c1. The van der Waals surface area contributed by atoms with E-state index in [1.54, 1.807) is 61.6 Å². The Morgan fingerprint density at radius 3 is 2.69 bits per heavy atom. The number of nitrogens with zero attached hydrogens (tertiary/aromatic N) is 1. The Morgan fingerprint density at radius 2 is 1.97 bits per heavy atom. The van der Waals surface area contributed by atoms with Gasteiger partial charge in [0.15, 0.2) is 0 Å². The topological polar surface area (TPSA) is 81.0 Å². The molecular weight excluding hydrogens is 428 g/mol. The van der Waals surface area contributed by atoms with Crippen molar-refractivity contribution in [1.82, 2.24) is 4.90 Å². The van der Waals surface area contributed by atoms with Gasteiger partial charge in [-0.1, -0.05) is 12.1 Å². The number of amides is 2. The summed E-state index contributed by atoms with van der Waals surface area (Å²) in [5, 5.41) is 2.95. The van der Waals surface area contributed by atoms with Gasteiger partial charge in [0, 0.05) is 16.7 Å². The van der Waals surface area contributed by atoms with E-state index in [2.05, 4.69) is 5.32 Å². The zero-order valence-electron chi connectivity index (χ0n) is 18.1. The van der Waals surface area contributed by atoms with Crippen molar-refractivity contribution in [2.45, 2.75) is 23.9 Å². The van der Waals surface area contributed by atoms with Gasteiger partial charge in [-0.05, 0) is 43.3 Å². The molecule has 1 aliphatic rings. The van der Waals surface area contributed by atoms with E-state index in [-0.39, 0.29) is 18.4 Å². The van der Waals surface area contributed by atoms with Crippen molar-refractivity contribution in [3.05, 3.63) is 72.2 Å². The van der Waals surface area contributed by atoms with Crippen LogP contribution in [-0.2, 0) is 11.3 Å². The van der Waals surface area contributed by atoms with E-state index in [4.69, 9.17) is 13.9 Å². The number of benzene rings is 2. The first-order valence-corrected chi connectivity index (χ1v) is 11.0. The van der Waals surface area contributed by atoms with Crippen molar-refractivity contribution < 1.29 is 23.5 Å². The molecular formula is C24H24N2O5S. The van der Waals surface area contributed by atoms with Crippen LogP contribution in [0.4, 0.5) is 5.69 Å². The molecule has 7 nitrogen and oxygen atoms in total. The molecule has 8 heteroatoms. The van der Waals surface area contributed by atoms with Crippen molar-refractivity contribution in [2.24, 2.45) is 0 Å². The third kappa shape index (κ3) is 4.05. The molecule has 0 bridgehead atoms. The fourth-order valence-electron chi connectivity index (χ4n) is 3.59. The first-order chi connectivity index (χ1) is 15.5. The second kappa shape index (κ2) is 9.00. The molecule has 2 heterocycles. The first-order valence-electron chi connectivity index (χ1n) is 10.1. The molecule has 1 unspecified atom stereocenters. The number of thioether (sulfide) groups is 1. The maximum absolute atomic E-state index is 13.7. The van der Waals surface area contributed by atoms with E-state index < -0.39 is 5.54 Å². The van der Waals surface area contributed by atoms with E-state index in [0.29, 0.717) is 34.3 Å². The number of fused-ring (bicyclic) bond motifs is 1. The molecule has 1 aliphatic heterocycles. The molecule has 0 spiro atoms. The highest BCUT2D eigenvalue weighted by molar-refractivity contribution is 7.99. The van der Waals surface area contributed by atoms with Crippen molar-refractivity contribution in [2.75, 3.05) is 25.3 Å². The summed E-state index contributed by atoms with van der Waals surface area (Å²) in [5.74, 6) is 1.52. The van der Waals surface area contributed by atoms with Crippen molar-refractivity contribution in [3.63, 3.8) is 0 Å². The summed E-state index contributed by atoms with van der Waals surface area (Å²) in [6.07, 6.45) is 1.56. The minimum atomic E-state index is -1.15. The molecule has 0 fully saturated rings. The number of rotatable bonds is 6. The summed E-state index contributed by atoms with van der Waals surface area (Å²) in [6, 6.07) is 16.1. The molecule has 0 radical (unpaired) electrons. The highest BCUT2D eigenvalue weighted by Crippen LogP contribution is 2.37. The lowest BCUT2D eigenvalue weighted by Crippen LogP contribution is -2.57. The minimum Gasteiger partial charge on any atom is -0.497 e. The van der Waals surface area contributed by atoms with Gasteiger partial charge in [-0.25, -0.2) is 0 Å². The summed E-state index contributed by atoms with van der Waals surface area (Å²) >= 11 is 1.49. The number of methoxy groups -OCH3 is 2. The van der Waals surface area contributed by atoms with Crippen LogP contribution in [-0.4, -0.2) is 42.2 Å². The second-order valence-electron chi connectivity index (χ2n) is 7.55. The maximum atomic E-state index is 13.7. The Bertz CT molecular complexity index is 1130. The maximum Gasteiger partial charge on any atom is 0.256 e. The average Bonchev–Trinajstić information content (AvgIpc) is 3.31. The molecule has 4 rings (SSSR count). The van der Waals surface area contributed by atoms with Gasteiger partial charge in [-0.3, -0.25) is 9.59 Å². The molecule has 3 aromatic rings. The summed E-state index contributed by atoms with van der Waals surface area (Å²) in [4.78, 5) is 29.7. The number of carbonyl (C=O) groups excluding carboxylic acids is 2.